The Kier molecular flexibility index (Phi) is 14.8. The van der Waals surface area contributed by atoms with Crippen LogP contribution in [0.2, 0.25) is 0 Å². The number of ether oxygens (including phenoxy) is 3. The number of nitrogens with zero attached hydrogens (tertiary/aromatic N) is 1. The maximum atomic E-state index is 13.2. The van der Waals surface area contributed by atoms with E-state index >= 15 is 0 Å². The Morgan fingerprint density at radius 1 is 0.820 bits per heavy atom. The molecule has 0 saturated carbocycles. The predicted molar refractivity (Wildman–Crippen MR) is 234 cm³/mol. The monoisotopic (exact) mass is 836 g/mol. The Labute approximate surface area is 358 Å². The smallest absolute Gasteiger partial charge is 0.408 e. The Hall–Kier alpha value is -5.98. The molecule has 0 saturated heterocycles. The van der Waals surface area contributed by atoms with Crippen LogP contribution in [-0.2, 0) is 23.9 Å². The summed E-state index contributed by atoms with van der Waals surface area (Å²) in [6.07, 6.45) is 0.483. The van der Waals surface area contributed by atoms with Crippen molar-refractivity contribution < 1.29 is 43.3 Å². The van der Waals surface area contributed by atoms with Crippen LogP contribution < -0.4 is 20.7 Å². The Bertz CT molecular complexity index is 2110. The van der Waals surface area contributed by atoms with Crippen molar-refractivity contribution in [2.24, 2.45) is 15.8 Å². The van der Waals surface area contributed by atoms with Crippen LogP contribution in [0, 0.1) is 10.8 Å². The van der Waals surface area contributed by atoms with E-state index in [1.165, 1.54) is 0 Å². The van der Waals surface area contributed by atoms with Crippen LogP contribution in [0.25, 0.3) is 11.1 Å². The Morgan fingerprint density at radius 3 is 2.03 bits per heavy atom. The molecule has 0 unspecified atom stereocenters. The van der Waals surface area contributed by atoms with Gasteiger partial charge in [0.2, 0.25) is 5.91 Å². The number of aliphatic imine (C=N–C) groups is 1. The summed E-state index contributed by atoms with van der Waals surface area (Å²) in [7, 11) is 0. The summed E-state index contributed by atoms with van der Waals surface area (Å²) in [6.45, 7) is 15.3. The van der Waals surface area contributed by atoms with Crippen LogP contribution in [0.4, 0.5) is 15.3 Å². The van der Waals surface area contributed by atoms with Crippen LogP contribution in [0.3, 0.4) is 0 Å². The first-order valence-electron chi connectivity index (χ1n) is 20.9. The zero-order valence-electron chi connectivity index (χ0n) is 36.6. The first kappa shape index (κ1) is 46.1. The number of carbonyl (C=O) groups is 5. The summed E-state index contributed by atoms with van der Waals surface area (Å²) in [5.41, 5.74) is 4.14. The normalized spacial score (nSPS) is 15.6. The minimum atomic E-state index is -0.959. The van der Waals surface area contributed by atoms with Crippen LogP contribution in [-0.4, -0.2) is 72.0 Å². The van der Waals surface area contributed by atoms with E-state index in [1.54, 1.807) is 45.0 Å². The third kappa shape index (κ3) is 13.0. The second-order valence-corrected chi connectivity index (χ2v) is 18.4. The van der Waals surface area contributed by atoms with Gasteiger partial charge in [0, 0.05) is 37.3 Å². The lowest BCUT2D eigenvalue weighted by Gasteiger charge is -2.33. The number of esters is 1. The van der Waals surface area contributed by atoms with Gasteiger partial charge in [-0.1, -0.05) is 83.1 Å². The molecule has 0 fully saturated rings. The fraction of sp³-hybridized carbons (Fsp3) is 0.458. The number of Topliss-reactive ketones (excluding diaryl/α,β-unsaturated/α-hetero) is 1. The molecule has 5 rings (SSSR count). The van der Waals surface area contributed by atoms with Crippen LogP contribution in [0.1, 0.15) is 111 Å². The maximum absolute atomic E-state index is 13.2. The maximum Gasteiger partial charge on any atom is 0.408 e. The number of hydrogen-bond acceptors (Lipinski definition) is 10. The second-order valence-electron chi connectivity index (χ2n) is 18.4. The Morgan fingerprint density at radius 2 is 1.44 bits per heavy atom. The highest BCUT2D eigenvalue weighted by molar-refractivity contribution is 6.25. The molecular weight excluding hydrogens is 777 g/mol. The first-order chi connectivity index (χ1) is 28.7. The van der Waals surface area contributed by atoms with Gasteiger partial charge in [-0.15, -0.1) is 0 Å². The molecule has 2 aliphatic rings. The number of carbonyl (C=O) groups excluding carboxylic acids is 5. The number of unbranched alkanes of at least 4 members (excludes halogenated alkanes) is 1. The third-order valence-electron chi connectivity index (χ3n) is 10.3. The number of hydrogen-bond donors (Lipinski definition) is 4. The van der Waals surface area contributed by atoms with Gasteiger partial charge in [0.05, 0.1) is 23.4 Å². The molecule has 13 heteroatoms. The summed E-state index contributed by atoms with van der Waals surface area (Å²) in [6, 6.07) is 21.7. The fourth-order valence-corrected chi connectivity index (χ4v) is 7.50. The van der Waals surface area contributed by atoms with Crippen molar-refractivity contribution >= 4 is 41.2 Å². The number of benzene rings is 3. The zero-order chi connectivity index (χ0) is 44.5. The zero-order valence-corrected chi connectivity index (χ0v) is 36.6. The second kappa shape index (κ2) is 19.6. The summed E-state index contributed by atoms with van der Waals surface area (Å²) in [5.74, 6) is -0.981. The molecular formula is C48H60N4O9. The highest BCUT2D eigenvalue weighted by Crippen LogP contribution is 2.44. The summed E-state index contributed by atoms with van der Waals surface area (Å²) < 4.78 is 16.5. The minimum absolute atomic E-state index is 0.0418. The lowest BCUT2D eigenvalue weighted by molar-refractivity contribution is -0.134. The minimum Gasteiger partial charge on any atom is -0.511 e. The van der Waals surface area contributed by atoms with E-state index in [-0.39, 0.29) is 60.2 Å². The molecule has 0 aliphatic heterocycles. The molecule has 3 aromatic rings. The number of alkyl carbamates (subject to hydrolysis) is 2. The van der Waals surface area contributed by atoms with Gasteiger partial charge in [-0.2, -0.15) is 0 Å². The Balaban J connectivity index is 1.08. The third-order valence-corrected chi connectivity index (χ3v) is 10.3. The van der Waals surface area contributed by atoms with E-state index in [2.05, 4.69) is 40.2 Å². The molecule has 0 spiro atoms. The molecule has 3 aromatic carbocycles. The van der Waals surface area contributed by atoms with Gasteiger partial charge in [-0.25, -0.2) is 9.59 Å². The highest BCUT2D eigenvalue weighted by Gasteiger charge is 2.38. The molecule has 0 bridgehead atoms. The van der Waals surface area contributed by atoms with Gasteiger partial charge in [-0.05, 0) is 92.0 Å². The number of nitrogens with one attached hydrogen (secondary N) is 3. The van der Waals surface area contributed by atoms with Gasteiger partial charge >= 0.3 is 18.2 Å². The summed E-state index contributed by atoms with van der Waals surface area (Å²) in [4.78, 5) is 69.1. The molecule has 2 aliphatic carbocycles. The standard InChI is InChI=1S/C48H60N4O9/c1-46(2,3)42(41-38(53)27-48(7,8)28-39(41)54)51-30-20-22-31(23-21-30)60-40(55)24-26-49-43(56)37(52-45(58)61-47(4,5)6)19-13-14-25-50-44(57)59-29-36-34-17-11-9-15-32(34)33-16-10-12-18-35(33)36/h9-12,15-18,20-23,36-37,53H,13-14,19,24-29H2,1-8H3,(H,49,56)(H,50,57)(H,52,58)/t37-/m0/s1. The first-order valence-corrected chi connectivity index (χ1v) is 20.9. The van der Waals surface area contributed by atoms with Gasteiger partial charge in [0.1, 0.15) is 29.8 Å². The fourth-order valence-electron chi connectivity index (χ4n) is 7.50. The number of aliphatic hydroxyl groups excluding tert-OH is 1. The van der Waals surface area contributed by atoms with Gasteiger partial charge in [0.25, 0.3) is 0 Å². The summed E-state index contributed by atoms with van der Waals surface area (Å²) >= 11 is 0. The number of rotatable bonds is 15. The number of allylic oxidation sites excluding steroid dienone is 2. The molecule has 61 heavy (non-hydrogen) atoms. The molecule has 0 aromatic heterocycles. The molecule has 0 heterocycles. The van der Waals surface area contributed by atoms with Gasteiger partial charge < -0.3 is 35.3 Å². The topological polar surface area (TPSA) is 182 Å². The molecule has 0 radical (unpaired) electrons. The van der Waals surface area contributed by atoms with Crippen molar-refractivity contribution in [1.82, 2.24) is 16.0 Å². The lowest BCUT2D eigenvalue weighted by Crippen LogP contribution is -2.48. The van der Waals surface area contributed by atoms with E-state index in [0.717, 1.165) is 22.3 Å². The SMILES string of the molecule is CC1(C)CC(=O)C(C(=Nc2ccc(OC(=O)CCNC(=O)[C@H](CCCCNC(=O)OCC3c4ccccc4-c4ccccc43)NC(=O)OC(C)(C)C)cc2)C(C)(C)C)=C(O)C1. The quantitative estimate of drug-likeness (QED) is 0.0503. The van der Waals surface area contributed by atoms with Crippen molar-refractivity contribution in [1.29, 1.82) is 0 Å². The molecule has 326 valence electrons. The van der Waals surface area contributed by atoms with Crippen molar-refractivity contribution in [2.45, 2.75) is 111 Å². The number of amides is 3. The number of fused-ring (bicyclic) bond motifs is 3. The predicted octanol–water partition coefficient (Wildman–Crippen LogP) is 9.02. The van der Waals surface area contributed by atoms with Crippen molar-refractivity contribution in [3.63, 3.8) is 0 Å². The lowest BCUT2D eigenvalue weighted by atomic mass is 9.72. The van der Waals surface area contributed by atoms with Crippen molar-refractivity contribution in [2.75, 3.05) is 19.7 Å². The highest BCUT2D eigenvalue weighted by atomic mass is 16.6. The molecule has 1 atom stereocenters. The molecule has 4 N–H and O–H groups in total. The van der Waals surface area contributed by atoms with Crippen LogP contribution in [0.5, 0.6) is 5.75 Å². The molecule has 13 nitrogen and oxygen atoms in total. The van der Waals surface area contributed by atoms with E-state index in [1.807, 2.05) is 58.9 Å². The van der Waals surface area contributed by atoms with E-state index in [0.29, 0.717) is 43.6 Å². The van der Waals surface area contributed by atoms with E-state index in [4.69, 9.17) is 19.2 Å². The largest absolute Gasteiger partial charge is 0.511 e. The van der Waals surface area contributed by atoms with Crippen LogP contribution in [0.15, 0.2) is 89.1 Å². The summed E-state index contributed by atoms with van der Waals surface area (Å²) in [5, 5.41) is 19.0. The van der Waals surface area contributed by atoms with Gasteiger partial charge in [-0.3, -0.25) is 19.4 Å². The number of ketones is 1. The number of aliphatic hydroxyl groups is 1. The van der Waals surface area contributed by atoms with Crippen molar-refractivity contribution in [3.05, 3.63) is 95.3 Å². The van der Waals surface area contributed by atoms with Gasteiger partial charge in [0.15, 0.2) is 5.78 Å². The van der Waals surface area contributed by atoms with E-state index < -0.39 is 41.1 Å². The molecule has 3 amide bonds. The van der Waals surface area contributed by atoms with E-state index in [9.17, 15) is 29.1 Å². The van der Waals surface area contributed by atoms with Crippen molar-refractivity contribution in [3.8, 4) is 16.9 Å². The average molecular weight is 837 g/mol. The van der Waals surface area contributed by atoms with Crippen LogP contribution >= 0.6 is 0 Å². The average Bonchev–Trinajstić information content (AvgIpc) is 3.48.